The van der Waals surface area contributed by atoms with E-state index in [1.54, 1.807) is 11.3 Å². The van der Waals surface area contributed by atoms with Crippen LogP contribution in [0.2, 0.25) is 0 Å². The Labute approximate surface area is 126 Å². The Morgan fingerprint density at radius 2 is 2.10 bits per heavy atom. The number of nitrogens with one attached hydrogen (secondary N) is 1. The monoisotopic (exact) mass is 310 g/mol. The Morgan fingerprint density at radius 1 is 1.35 bits per heavy atom. The molecule has 108 valence electrons. The van der Waals surface area contributed by atoms with E-state index >= 15 is 0 Å². The number of nitrogen functional groups attached to an aromatic ring is 1. The lowest BCUT2D eigenvalue weighted by atomic mass is 9.93. The predicted octanol–water partition coefficient (Wildman–Crippen LogP) is 2.87. The van der Waals surface area contributed by atoms with Crippen LogP contribution >= 0.6 is 22.9 Å². The first-order valence-corrected chi connectivity index (χ1v) is 8.41. The van der Waals surface area contributed by atoms with Crippen molar-refractivity contribution in [2.24, 2.45) is 0 Å². The van der Waals surface area contributed by atoms with Gasteiger partial charge in [-0.15, -0.1) is 11.3 Å². The van der Waals surface area contributed by atoms with Crippen molar-refractivity contribution in [2.45, 2.75) is 44.8 Å². The fourth-order valence-corrected chi connectivity index (χ4v) is 3.94. The summed E-state index contributed by atoms with van der Waals surface area (Å²) >= 11 is 3.01. The summed E-state index contributed by atoms with van der Waals surface area (Å²) in [6, 6.07) is 0.386. The van der Waals surface area contributed by atoms with E-state index in [0.717, 1.165) is 46.9 Å². The van der Waals surface area contributed by atoms with Crippen molar-refractivity contribution in [2.75, 3.05) is 11.1 Å². The highest BCUT2D eigenvalue weighted by Crippen LogP contribution is 2.38. The average Bonchev–Trinajstić information content (AvgIpc) is 2.99. The highest BCUT2D eigenvalue weighted by atomic mass is 32.1. The molecule has 2 aromatic heterocycles. The van der Waals surface area contributed by atoms with Crippen molar-refractivity contribution in [3.8, 4) is 11.3 Å². The lowest BCUT2D eigenvalue weighted by molar-refractivity contribution is 0.126. The van der Waals surface area contributed by atoms with Gasteiger partial charge in [0.2, 0.25) is 0 Å². The third-order valence-corrected chi connectivity index (χ3v) is 5.19. The summed E-state index contributed by atoms with van der Waals surface area (Å²) in [5.74, 6) is 0.540. The third kappa shape index (κ3) is 2.79. The Hall–Kier alpha value is -1.18. The molecule has 0 bridgehead atoms. The number of nitrogens with zero attached hydrogens (tertiary/aromatic N) is 2. The summed E-state index contributed by atoms with van der Waals surface area (Å²) in [4.78, 5) is 4.50. The van der Waals surface area contributed by atoms with Gasteiger partial charge >= 0.3 is 0 Å². The van der Waals surface area contributed by atoms with Gasteiger partial charge in [-0.05, 0) is 44.1 Å². The smallest absolute Gasteiger partial charge is 0.148 e. The number of rotatable bonds is 3. The summed E-state index contributed by atoms with van der Waals surface area (Å²) in [6.07, 6.45) is 3.54. The van der Waals surface area contributed by atoms with Gasteiger partial charge in [-0.3, -0.25) is 0 Å². The van der Waals surface area contributed by atoms with Crippen LogP contribution in [0.3, 0.4) is 0 Å². The standard InChI is InChI=1S/C13H18N4OS2/c1-7-15-10(6-19-7)11-12(14)17-20-13(11)16-8-2-4-9(18)5-3-8/h6,8-9,16,18H,2-5H2,1H3,(H2,14,17). The van der Waals surface area contributed by atoms with E-state index in [4.69, 9.17) is 5.73 Å². The van der Waals surface area contributed by atoms with Crippen molar-refractivity contribution in [3.05, 3.63) is 10.4 Å². The topological polar surface area (TPSA) is 84.1 Å². The first kappa shape index (κ1) is 13.8. The van der Waals surface area contributed by atoms with Crippen LogP contribution in [0.15, 0.2) is 5.38 Å². The molecular formula is C13H18N4OS2. The summed E-state index contributed by atoms with van der Waals surface area (Å²) in [5, 5.41) is 17.1. The molecule has 1 fully saturated rings. The molecule has 7 heteroatoms. The maximum Gasteiger partial charge on any atom is 0.148 e. The largest absolute Gasteiger partial charge is 0.393 e. The summed E-state index contributed by atoms with van der Waals surface area (Å²) in [6.45, 7) is 1.99. The second-order valence-corrected chi connectivity index (χ2v) is 7.01. The molecule has 2 aromatic rings. The van der Waals surface area contributed by atoms with E-state index in [2.05, 4.69) is 14.7 Å². The van der Waals surface area contributed by atoms with Crippen molar-refractivity contribution in [1.82, 2.24) is 9.36 Å². The van der Waals surface area contributed by atoms with E-state index in [1.807, 2.05) is 12.3 Å². The molecule has 1 aliphatic rings. The maximum atomic E-state index is 9.57. The average molecular weight is 310 g/mol. The van der Waals surface area contributed by atoms with E-state index in [-0.39, 0.29) is 6.10 Å². The number of aliphatic hydroxyl groups is 1. The lowest BCUT2D eigenvalue weighted by Crippen LogP contribution is -2.28. The van der Waals surface area contributed by atoms with Crippen molar-refractivity contribution in [1.29, 1.82) is 0 Å². The maximum absolute atomic E-state index is 9.57. The molecule has 5 nitrogen and oxygen atoms in total. The fraction of sp³-hybridized carbons (Fsp3) is 0.538. The van der Waals surface area contributed by atoms with E-state index < -0.39 is 0 Å². The molecule has 0 aromatic carbocycles. The van der Waals surface area contributed by atoms with Gasteiger partial charge in [0.05, 0.1) is 22.4 Å². The molecule has 4 N–H and O–H groups in total. The molecule has 0 radical (unpaired) electrons. The van der Waals surface area contributed by atoms with Crippen LogP contribution in [0, 0.1) is 6.92 Å². The molecule has 1 saturated carbocycles. The first-order chi connectivity index (χ1) is 9.63. The molecular weight excluding hydrogens is 292 g/mol. The van der Waals surface area contributed by atoms with E-state index in [9.17, 15) is 5.11 Å². The first-order valence-electron chi connectivity index (χ1n) is 6.75. The van der Waals surface area contributed by atoms with E-state index in [0.29, 0.717) is 11.9 Å². The zero-order valence-electron chi connectivity index (χ0n) is 11.3. The van der Waals surface area contributed by atoms with Crippen LogP contribution < -0.4 is 11.1 Å². The molecule has 3 rings (SSSR count). The van der Waals surface area contributed by atoms with Gasteiger partial charge in [0.1, 0.15) is 10.8 Å². The molecule has 0 saturated heterocycles. The van der Waals surface area contributed by atoms with Crippen LogP contribution in [-0.4, -0.2) is 26.6 Å². The zero-order valence-corrected chi connectivity index (χ0v) is 12.9. The van der Waals surface area contributed by atoms with Crippen LogP contribution in [0.1, 0.15) is 30.7 Å². The molecule has 0 spiro atoms. The normalized spacial score (nSPS) is 22.9. The molecule has 0 atom stereocenters. The molecule has 2 heterocycles. The fourth-order valence-electron chi connectivity index (χ4n) is 2.53. The lowest BCUT2D eigenvalue weighted by Gasteiger charge is -2.26. The van der Waals surface area contributed by atoms with Crippen LogP contribution in [0.4, 0.5) is 10.8 Å². The number of nitrogens with two attached hydrogens (primary N) is 1. The highest BCUT2D eigenvalue weighted by Gasteiger charge is 2.23. The SMILES string of the molecule is Cc1nc(-c2c(N)nsc2NC2CCC(O)CC2)cs1. The Bertz CT molecular complexity index is 587. The van der Waals surface area contributed by atoms with Gasteiger partial charge in [-0.1, -0.05) is 0 Å². The Kier molecular flexibility index (Phi) is 3.91. The number of anilines is 2. The second-order valence-electron chi connectivity index (χ2n) is 5.17. The van der Waals surface area contributed by atoms with E-state index in [1.165, 1.54) is 11.5 Å². The minimum absolute atomic E-state index is 0.139. The molecule has 0 unspecified atom stereocenters. The van der Waals surface area contributed by atoms with Gasteiger partial charge in [0.25, 0.3) is 0 Å². The highest BCUT2D eigenvalue weighted by molar-refractivity contribution is 7.11. The van der Waals surface area contributed by atoms with Gasteiger partial charge in [-0.2, -0.15) is 4.37 Å². The number of hydrogen-bond donors (Lipinski definition) is 3. The number of aromatic nitrogens is 2. The second kappa shape index (κ2) is 5.67. The molecule has 20 heavy (non-hydrogen) atoms. The minimum atomic E-state index is -0.139. The summed E-state index contributed by atoms with van der Waals surface area (Å²) < 4.78 is 4.25. The van der Waals surface area contributed by atoms with Crippen molar-refractivity contribution in [3.63, 3.8) is 0 Å². The predicted molar refractivity (Wildman–Crippen MR) is 84.3 cm³/mol. The van der Waals surface area contributed by atoms with Crippen molar-refractivity contribution >= 4 is 33.7 Å². The van der Waals surface area contributed by atoms with Gasteiger partial charge < -0.3 is 16.2 Å². The molecule has 0 aliphatic heterocycles. The van der Waals surface area contributed by atoms with Crippen molar-refractivity contribution < 1.29 is 5.11 Å². The zero-order chi connectivity index (χ0) is 14.1. The Balaban J connectivity index is 1.80. The van der Waals surface area contributed by atoms with Gasteiger partial charge in [0.15, 0.2) is 0 Å². The van der Waals surface area contributed by atoms with Crippen LogP contribution in [0.5, 0.6) is 0 Å². The molecule has 0 amide bonds. The molecule has 1 aliphatic carbocycles. The number of aryl methyl sites for hydroxylation is 1. The quantitative estimate of drug-likeness (QED) is 0.812. The minimum Gasteiger partial charge on any atom is -0.393 e. The van der Waals surface area contributed by atoms with Gasteiger partial charge in [-0.25, -0.2) is 4.98 Å². The third-order valence-electron chi connectivity index (χ3n) is 3.63. The van der Waals surface area contributed by atoms with Crippen LogP contribution in [0.25, 0.3) is 11.3 Å². The number of thiazole rings is 1. The van der Waals surface area contributed by atoms with Gasteiger partial charge in [0, 0.05) is 11.4 Å². The summed E-state index contributed by atoms with van der Waals surface area (Å²) in [5.41, 5.74) is 7.82. The van der Waals surface area contributed by atoms with Crippen LogP contribution in [-0.2, 0) is 0 Å². The number of aliphatic hydroxyl groups excluding tert-OH is 1. The Morgan fingerprint density at radius 3 is 2.75 bits per heavy atom. The summed E-state index contributed by atoms with van der Waals surface area (Å²) in [7, 11) is 0. The number of hydrogen-bond acceptors (Lipinski definition) is 7.